The van der Waals surface area contributed by atoms with Crippen LogP contribution in [0.5, 0.6) is 0 Å². The number of aromatic nitrogens is 5. The largest absolute Gasteiger partial charge is 0.329 e. The van der Waals surface area contributed by atoms with Gasteiger partial charge in [0.2, 0.25) is 0 Å². The van der Waals surface area contributed by atoms with Crippen LogP contribution in [-0.4, -0.2) is 43.7 Å². The first kappa shape index (κ1) is 16.9. The molecule has 3 heterocycles. The second-order valence-electron chi connectivity index (χ2n) is 6.77. The Morgan fingerprint density at radius 3 is 2.81 bits per heavy atom. The fourth-order valence-electron chi connectivity index (χ4n) is 3.33. The third-order valence-corrected chi connectivity index (χ3v) is 4.80. The van der Waals surface area contributed by atoms with Crippen molar-refractivity contribution in [1.29, 1.82) is 0 Å². The Morgan fingerprint density at radius 2 is 1.96 bits per heavy atom. The summed E-state index contributed by atoms with van der Waals surface area (Å²) in [5.41, 5.74) is 2.24. The van der Waals surface area contributed by atoms with E-state index in [1.54, 1.807) is 0 Å². The molecular formula is C19H25N7. The summed E-state index contributed by atoms with van der Waals surface area (Å²) in [4.78, 5) is 4.49. The summed E-state index contributed by atoms with van der Waals surface area (Å²) in [5, 5.41) is 15.5. The number of benzene rings is 1. The van der Waals surface area contributed by atoms with Crippen LogP contribution in [0.25, 0.3) is 0 Å². The van der Waals surface area contributed by atoms with E-state index in [9.17, 15) is 0 Å². The summed E-state index contributed by atoms with van der Waals surface area (Å²) in [5.74, 6) is 0.983. The van der Waals surface area contributed by atoms with Gasteiger partial charge in [-0.05, 0) is 31.5 Å². The number of hydrogen-bond donors (Lipinski definition) is 2. The van der Waals surface area contributed by atoms with E-state index in [2.05, 4.69) is 54.8 Å². The van der Waals surface area contributed by atoms with Crippen LogP contribution in [0.3, 0.4) is 0 Å². The smallest absolute Gasteiger partial charge is 0.130 e. The molecule has 1 fully saturated rings. The zero-order chi connectivity index (χ0) is 17.6. The highest BCUT2D eigenvalue weighted by atomic mass is 15.4. The Labute approximate surface area is 153 Å². The van der Waals surface area contributed by atoms with Gasteiger partial charge in [0, 0.05) is 31.5 Å². The van der Waals surface area contributed by atoms with E-state index in [0.717, 1.165) is 37.7 Å². The average molecular weight is 351 g/mol. The number of piperidine rings is 1. The molecule has 26 heavy (non-hydrogen) atoms. The molecule has 2 aromatic heterocycles. The number of imidazole rings is 1. The van der Waals surface area contributed by atoms with Crippen LogP contribution in [0.2, 0.25) is 0 Å². The van der Waals surface area contributed by atoms with Gasteiger partial charge >= 0.3 is 0 Å². The average Bonchev–Trinajstić information content (AvgIpc) is 3.32. The van der Waals surface area contributed by atoms with Crippen molar-refractivity contribution in [1.82, 2.24) is 35.2 Å². The standard InChI is InChI=1S/C19H25N7/c1-2-4-16(5-3-1)13-25-11-10-21-19(25)15-26-14-18(23-24-26)12-22-17-6-8-20-9-7-17/h1-5,10-11,14,17,20,22H,6-9,12-13,15H2. The van der Waals surface area contributed by atoms with E-state index in [-0.39, 0.29) is 0 Å². The summed E-state index contributed by atoms with van der Waals surface area (Å²) in [7, 11) is 0. The molecule has 2 N–H and O–H groups in total. The third kappa shape index (κ3) is 4.36. The third-order valence-electron chi connectivity index (χ3n) is 4.80. The normalized spacial score (nSPS) is 15.4. The van der Waals surface area contributed by atoms with E-state index in [4.69, 9.17) is 0 Å². The highest BCUT2D eigenvalue weighted by Gasteiger charge is 2.13. The van der Waals surface area contributed by atoms with Crippen LogP contribution >= 0.6 is 0 Å². The molecular weight excluding hydrogens is 326 g/mol. The van der Waals surface area contributed by atoms with Gasteiger partial charge in [-0.3, -0.25) is 0 Å². The summed E-state index contributed by atoms with van der Waals surface area (Å²) >= 11 is 0. The lowest BCUT2D eigenvalue weighted by atomic mass is 10.1. The van der Waals surface area contributed by atoms with Crippen molar-refractivity contribution in [2.24, 2.45) is 0 Å². The van der Waals surface area contributed by atoms with Gasteiger partial charge in [-0.1, -0.05) is 35.5 Å². The van der Waals surface area contributed by atoms with Gasteiger partial charge in [0.1, 0.15) is 12.4 Å². The molecule has 3 aromatic rings. The van der Waals surface area contributed by atoms with Gasteiger partial charge in [0.25, 0.3) is 0 Å². The maximum Gasteiger partial charge on any atom is 0.130 e. The van der Waals surface area contributed by atoms with Gasteiger partial charge in [-0.2, -0.15) is 0 Å². The van der Waals surface area contributed by atoms with Gasteiger partial charge in [-0.25, -0.2) is 9.67 Å². The second-order valence-corrected chi connectivity index (χ2v) is 6.77. The van der Waals surface area contributed by atoms with Crippen molar-refractivity contribution in [3.63, 3.8) is 0 Å². The molecule has 0 atom stereocenters. The summed E-state index contributed by atoms with van der Waals surface area (Å²) in [6.45, 7) is 4.39. The van der Waals surface area contributed by atoms with Crippen molar-refractivity contribution in [3.8, 4) is 0 Å². The van der Waals surface area contributed by atoms with E-state index in [1.807, 2.05) is 29.3 Å². The summed E-state index contributed by atoms with van der Waals surface area (Å²) in [6, 6.07) is 11.0. The first-order valence-corrected chi connectivity index (χ1v) is 9.24. The van der Waals surface area contributed by atoms with Crippen molar-refractivity contribution >= 4 is 0 Å². The molecule has 7 heteroatoms. The lowest BCUT2D eigenvalue weighted by molar-refractivity contribution is 0.385. The highest BCUT2D eigenvalue weighted by molar-refractivity contribution is 5.15. The van der Waals surface area contributed by atoms with Gasteiger partial charge in [0.05, 0.1) is 11.9 Å². The molecule has 0 bridgehead atoms. The van der Waals surface area contributed by atoms with Gasteiger partial charge < -0.3 is 15.2 Å². The fourth-order valence-corrected chi connectivity index (χ4v) is 3.33. The number of nitrogens with one attached hydrogen (secondary N) is 2. The van der Waals surface area contributed by atoms with Gasteiger partial charge in [0.15, 0.2) is 0 Å². The quantitative estimate of drug-likeness (QED) is 0.673. The van der Waals surface area contributed by atoms with Crippen molar-refractivity contribution in [2.75, 3.05) is 13.1 Å². The van der Waals surface area contributed by atoms with E-state index in [0.29, 0.717) is 12.6 Å². The molecule has 0 spiro atoms. The van der Waals surface area contributed by atoms with Crippen molar-refractivity contribution < 1.29 is 0 Å². The molecule has 0 unspecified atom stereocenters. The molecule has 136 valence electrons. The topological polar surface area (TPSA) is 72.6 Å². The molecule has 1 aromatic carbocycles. The SMILES string of the molecule is c1ccc(Cn2ccnc2Cn2cc(CNC3CCNCC3)nn2)cc1. The van der Waals surface area contributed by atoms with Crippen LogP contribution in [-0.2, 0) is 19.6 Å². The minimum absolute atomic E-state index is 0.575. The first-order valence-electron chi connectivity index (χ1n) is 9.24. The molecule has 1 aliphatic rings. The maximum atomic E-state index is 4.49. The van der Waals surface area contributed by atoms with E-state index < -0.39 is 0 Å². The molecule has 0 saturated carbocycles. The lowest BCUT2D eigenvalue weighted by Crippen LogP contribution is -2.39. The molecule has 0 amide bonds. The minimum atomic E-state index is 0.575. The Balaban J connectivity index is 1.35. The summed E-state index contributed by atoms with van der Waals surface area (Å²) < 4.78 is 4.02. The summed E-state index contributed by atoms with van der Waals surface area (Å²) in [6.07, 6.45) is 8.21. The fraction of sp³-hybridized carbons (Fsp3) is 0.421. The Morgan fingerprint density at radius 1 is 1.12 bits per heavy atom. The number of rotatable bonds is 7. The highest BCUT2D eigenvalue weighted by Crippen LogP contribution is 2.08. The van der Waals surface area contributed by atoms with Gasteiger partial charge in [-0.15, -0.1) is 5.10 Å². The molecule has 1 saturated heterocycles. The van der Waals surface area contributed by atoms with Crippen molar-refractivity contribution in [2.45, 2.75) is 38.5 Å². The number of nitrogens with zero attached hydrogens (tertiary/aromatic N) is 5. The predicted molar refractivity (Wildman–Crippen MR) is 99.6 cm³/mol. The van der Waals surface area contributed by atoms with Crippen molar-refractivity contribution in [3.05, 3.63) is 66.0 Å². The zero-order valence-corrected chi connectivity index (χ0v) is 14.9. The minimum Gasteiger partial charge on any atom is -0.329 e. The molecule has 0 radical (unpaired) electrons. The predicted octanol–water partition coefficient (Wildman–Crippen LogP) is 1.41. The molecule has 1 aliphatic heterocycles. The molecule has 7 nitrogen and oxygen atoms in total. The van der Waals surface area contributed by atoms with Crippen LogP contribution in [0, 0.1) is 0 Å². The van der Waals surface area contributed by atoms with Crippen LogP contribution in [0.1, 0.15) is 29.9 Å². The number of hydrogen-bond acceptors (Lipinski definition) is 5. The van der Waals surface area contributed by atoms with Crippen LogP contribution < -0.4 is 10.6 Å². The maximum absolute atomic E-state index is 4.49. The zero-order valence-electron chi connectivity index (χ0n) is 14.9. The van der Waals surface area contributed by atoms with Crippen LogP contribution in [0.15, 0.2) is 48.9 Å². The molecule has 4 rings (SSSR count). The Hall–Kier alpha value is -2.51. The monoisotopic (exact) mass is 351 g/mol. The molecule has 0 aliphatic carbocycles. The first-order chi connectivity index (χ1) is 12.9. The van der Waals surface area contributed by atoms with Crippen LogP contribution in [0.4, 0.5) is 0 Å². The Bertz CT molecular complexity index is 802. The second kappa shape index (κ2) is 8.25. The lowest BCUT2D eigenvalue weighted by Gasteiger charge is -2.23. The Kier molecular flexibility index (Phi) is 5.37. The van der Waals surface area contributed by atoms with E-state index >= 15 is 0 Å². The van der Waals surface area contributed by atoms with E-state index in [1.165, 1.54) is 18.4 Å².